The van der Waals surface area contributed by atoms with Crippen LogP contribution in [-0.4, -0.2) is 50.6 Å². The van der Waals surface area contributed by atoms with Gasteiger partial charge in [-0.3, -0.25) is 5.10 Å². The maximum atomic E-state index is 14.1. The maximum absolute atomic E-state index is 14.1. The minimum atomic E-state index is -0.827. The second-order valence-electron chi connectivity index (χ2n) is 9.14. The molecule has 174 valence electrons. The molecule has 4 aromatic rings. The topological polar surface area (TPSA) is 71.3 Å². The minimum absolute atomic E-state index is 0.0899. The summed E-state index contributed by atoms with van der Waals surface area (Å²) in [4.78, 5) is 7.13. The molecule has 1 aromatic carbocycles. The van der Waals surface area contributed by atoms with E-state index in [1.165, 1.54) is 0 Å². The zero-order chi connectivity index (χ0) is 23.4. The van der Waals surface area contributed by atoms with Gasteiger partial charge < -0.3 is 9.64 Å². The lowest BCUT2D eigenvalue weighted by atomic mass is 9.77. The first-order chi connectivity index (χ1) is 16.4. The Balaban J connectivity index is 1.36. The molecule has 2 aliphatic rings. The number of halogens is 3. The lowest BCUT2D eigenvalue weighted by Gasteiger charge is -2.39. The van der Waals surface area contributed by atoms with Gasteiger partial charge in [-0.2, -0.15) is 10.2 Å². The van der Waals surface area contributed by atoms with Crippen molar-refractivity contribution in [1.82, 2.24) is 24.8 Å². The van der Waals surface area contributed by atoms with Crippen LogP contribution in [0.3, 0.4) is 0 Å². The Kier molecular flexibility index (Phi) is 4.97. The largest absolute Gasteiger partial charge is 0.378 e. The molecule has 3 aromatic heterocycles. The molecule has 0 radical (unpaired) electrons. The number of rotatable bonds is 1. The molecule has 0 saturated carbocycles. The highest BCUT2D eigenvalue weighted by Crippen LogP contribution is 2.43. The van der Waals surface area contributed by atoms with E-state index >= 15 is 0 Å². The molecule has 0 aliphatic carbocycles. The van der Waals surface area contributed by atoms with Gasteiger partial charge in [0.1, 0.15) is 22.7 Å². The van der Waals surface area contributed by atoms with Gasteiger partial charge in [0.15, 0.2) is 17.2 Å². The van der Waals surface area contributed by atoms with Gasteiger partial charge in [-0.05, 0) is 49.7 Å². The van der Waals surface area contributed by atoms with Crippen molar-refractivity contribution in [3.05, 3.63) is 52.3 Å². The van der Waals surface area contributed by atoms with E-state index in [2.05, 4.69) is 39.0 Å². The van der Waals surface area contributed by atoms with Crippen molar-refractivity contribution >= 4 is 34.1 Å². The standard InChI is InChI=1S/C24H21ClF2N6O/c1-14-12-24(13-34-14)5-8-32(9-6-24)23-20-4-7-28-33(20)21-19(30-31-22(21)29-23)3-2-16-17(25)10-15(26)11-18(16)27/h4,7,10-11,14H,5-6,8-9,12-13H2,1H3,(H,30,31)/t14-/m0/s1. The van der Waals surface area contributed by atoms with Gasteiger partial charge in [-0.1, -0.05) is 17.5 Å². The number of fused-ring (bicyclic) bond motifs is 3. The summed E-state index contributed by atoms with van der Waals surface area (Å²) in [5, 5.41) is 11.6. The van der Waals surface area contributed by atoms with Gasteiger partial charge in [-0.15, -0.1) is 0 Å². The van der Waals surface area contributed by atoms with Crippen molar-refractivity contribution < 1.29 is 13.5 Å². The molecule has 2 saturated heterocycles. The summed E-state index contributed by atoms with van der Waals surface area (Å²) < 4.78 is 35.1. The number of benzene rings is 1. The Morgan fingerprint density at radius 3 is 2.79 bits per heavy atom. The van der Waals surface area contributed by atoms with Crippen molar-refractivity contribution in [2.24, 2.45) is 5.41 Å². The summed E-state index contributed by atoms with van der Waals surface area (Å²) in [5.41, 5.74) is 2.48. The molecule has 0 bridgehead atoms. The number of nitrogens with one attached hydrogen (secondary N) is 1. The fourth-order valence-corrected chi connectivity index (χ4v) is 5.35. The van der Waals surface area contributed by atoms with Gasteiger partial charge in [0.2, 0.25) is 0 Å². The molecule has 2 fully saturated rings. The van der Waals surface area contributed by atoms with E-state index in [9.17, 15) is 8.78 Å². The molecule has 34 heavy (non-hydrogen) atoms. The van der Waals surface area contributed by atoms with Crippen LogP contribution < -0.4 is 4.90 Å². The van der Waals surface area contributed by atoms with Crippen molar-refractivity contribution in [2.45, 2.75) is 32.3 Å². The first-order valence-electron chi connectivity index (χ1n) is 11.2. The number of hydrogen-bond acceptors (Lipinski definition) is 5. The molecule has 0 amide bonds. The Morgan fingerprint density at radius 1 is 1.24 bits per heavy atom. The van der Waals surface area contributed by atoms with Crippen LogP contribution in [0, 0.1) is 28.9 Å². The van der Waals surface area contributed by atoms with Crippen LogP contribution in [0.4, 0.5) is 14.6 Å². The molecule has 2 aliphatic heterocycles. The summed E-state index contributed by atoms with van der Waals surface area (Å²) >= 11 is 5.98. The van der Waals surface area contributed by atoms with E-state index in [1.807, 2.05) is 6.07 Å². The van der Waals surface area contributed by atoms with Gasteiger partial charge >= 0.3 is 0 Å². The smallest absolute Gasteiger partial charge is 0.177 e. The molecule has 10 heteroatoms. The molecule has 0 unspecified atom stereocenters. The van der Waals surface area contributed by atoms with Crippen LogP contribution in [0.2, 0.25) is 5.02 Å². The van der Waals surface area contributed by atoms with E-state index in [1.54, 1.807) is 10.7 Å². The molecule has 6 rings (SSSR count). The van der Waals surface area contributed by atoms with Gasteiger partial charge in [0, 0.05) is 19.2 Å². The first kappa shape index (κ1) is 21.3. The summed E-state index contributed by atoms with van der Waals surface area (Å²) in [6, 6.07) is 3.69. The number of aromatic nitrogens is 5. The van der Waals surface area contributed by atoms with Crippen molar-refractivity contribution in [3.63, 3.8) is 0 Å². The predicted octanol–water partition coefficient (Wildman–Crippen LogP) is 4.33. The van der Waals surface area contributed by atoms with E-state index in [-0.39, 0.29) is 16.0 Å². The molecule has 1 atom stereocenters. The Morgan fingerprint density at radius 2 is 2.06 bits per heavy atom. The number of aromatic amines is 1. The minimum Gasteiger partial charge on any atom is -0.378 e. The predicted molar refractivity (Wildman–Crippen MR) is 124 cm³/mol. The SMILES string of the molecule is C[C@H]1CC2(CCN(c3nc4[nH]nc(C#Cc5c(F)cc(F)cc5Cl)c4n4nccc34)CC2)CO1. The first-order valence-corrected chi connectivity index (χ1v) is 11.6. The number of anilines is 1. The Hall–Kier alpha value is -3.22. The molecule has 1 spiro atoms. The average Bonchev–Trinajstić information content (AvgIpc) is 3.52. The summed E-state index contributed by atoms with van der Waals surface area (Å²) in [5.74, 6) is 4.76. The average molecular weight is 483 g/mol. The van der Waals surface area contributed by atoms with Crippen LogP contribution in [0.5, 0.6) is 0 Å². The highest BCUT2D eigenvalue weighted by atomic mass is 35.5. The normalized spacial score (nSPS) is 19.8. The van der Waals surface area contributed by atoms with Crippen LogP contribution >= 0.6 is 11.6 Å². The quantitative estimate of drug-likeness (QED) is 0.409. The maximum Gasteiger partial charge on any atom is 0.177 e. The zero-order valence-corrected chi connectivity index (χ0v) is 19.2. The molecule has 7 nitrogen and oxygen atoms in total. The summed E-state index contributed by atoms with van der Waals surface area (Å²) in [6.45, 7) is 4.75. The van der Waals surface area contributed by atoms with Crippen LogP contribution in [-0.2, 0) is 4.74 Å². The second-order valence-corrected chi connectivity index (χ2v) is 9.55. The Labute approximate surface area is 199 Å². The highest BCUT2D eigenvalue weighted by Gasteiger charge is 2.41. The fourth-order valence-electron chi connectivity index (χ4n) is 5.11. The van der Waals surface area contributed by atoms with Crippen molar-refractivity contribution in [3.8, 4) is 11.8 Å². The number of H-pyrrole nitrogens is 1. The van der Waals surface area contributed by atoms with E-state index in [0.29, 0.717) is 23.0 Å². The van der Waals surface area contributed by atoms with Crippen molar-refractivity contribution in [1.29, 1.82) is 0 Å². The lowest BCUT2D eigenvalue weighted by Crippen LogP contribution is -2.41. The second kappa shape index (κ2) is 7.93. The number of piperidine rings is 1. The third-order valence-corrected chi connectivity index (χ3v) is 7.15. The number of ether oxygens (including phenoxy) is 1. The van der Waals surface area contributed by atoms with Gasteiger partial charge in [-0.25, -0.2) is 18.3 Å². The summed E-state index contributed by atoms with van der Waals surface area (Å²) in [6.07, 6.45) is 5.25. The third-order valence-electron chi connectivity index (χ3n) is 6.85. The van der Waals surface area contributed by atoms with E-state index < -0.39 is 11.6 Å². The number of hydrogen-bond donors (Lipinski definition) is 1. The van der Waals surface area contributed by atoms with E-state index in [4.69, 9.17) is 21.3 Å². The highest BCUT2D eigenvalue weighted by molar-refractivity contribution is 6.31. The Bertz CT molecular complexity index is 1450. The fraction of sp³-hybridized carbons (Fsp3) is 0.375. The van der Waals surface area contributed by atoms with Crippen LogP contribution in [0.25, 0.3) is 16.7 Å². The molecular formula is C24H21ClF2N6O. The van der Waals surface area contributed by atoms with Gasteiger partial charge in [0.05, 0.1) is 29.5 Å². The van der Waals surface area contributed by atoms with Crippen LogP contribution in [0.15, 0.2) is 24.4 Å². The zero-order valence-electron chi connectivity index (χ0n) is 18.4. The third kappa shape index (κ3) is 3.49. The van der Waals surface area contributed by atoms with Crippen LogP contribution in [0.1, 0.15) is 37.4 Å². The summed E-state index contributed by atoms with van der Waals surface area (Å²) in [7, 11) is 0. The van der Waals surface area contributed by atoms with Crippen molar-refractivity contribution in [2.75, 3.05) is 24.6 Å². The molecule has 5 heterocycles. The number of nitrogens with zero attached hydrogens (tertiary/aromatic N) is 5. The lowest BCUT2D eigenvalue weighted by molar-refractivity contribution is 0.0976. The van der Waals surface area contributed by atoms with E-state index in [0.717, 1.165) is 62.4 Å². The molecule has 1 N–H and O–H groups in total. The monoisotopic (exact) mass is 482 g/mol. The van der Waals surface area contributed by atoms with Gasteiger partial charge in [0.25, 0.3) is 0 Å². The molecular weight excluding hydrogens is 462 g/mol.